The van der Waals surface area contributed by atoms with Crippen LogP contribution in [-0.4, -0.2) is 30.5 Å². The summed E-state index contributed by atoms with van der Waals surface area (Å²) in [5.74, 6) is -0.0927. The lowest BCUT2D eigenvalue weighted by molar-refractivity contribution is 0.0953. The van der Waals surface area contributed by atoms with Crippen LogP contribution in [0.5, 0.6) is 0 Å². The highest BCUT2D eigenvalue weighted by atomic mass is 16.1. The Hall–Kier alpha value is -2.56. The fraction of sp³-hybridized carbons (Fsp3) is 0.368. The molecule has 1 aromatic carbocycles. The van der Waals surface area contributed by atoms with E-state index in [2.05, 4.69) is 46.5 Å². The predicted octanol–water partition coefficient (Wildman–Crippen LogP) is 3.81. The topological polar surface area (TPSA) is 57.3 Å². The molecule has 0 radical (unpaired) electrons. The molecule has 1 aromatic heterocycles. The number of carbonyl (C=O) groups excluding carboxylic acids is 1. The van der Waals surface area contributed by atoms with Crippen molar-refractivity contribution in [3.8, 4) is 0 Å². The van der Waals surface area contributed by atoms with E-state index in [1.54, 1.807) is 12.4 Å². The number of nitrogens with zero attached hydrogens (tertiary/aromatic N) is 2. The molecule has 0 atom stereocenters. The molecule has 0 aliphatic heterocycles. The van der Waals surface area contributed by atoms with E-state index in [0.29, 0.717) is 12.1 Å². The lowest BCUT2D eigenvalue weighted by Gasteiger charge is -2.21. The van der Waals surface area contributed by atoms with Gasteiger partial charge < -0.3 is 15.5 Å². The van der Waals surface area contributed by atoms with E-state index in [0.717, 1.165) is 30.9 Å². The van der Waals surface area contributed by atoms with Crippen molar-refractivity contribution in [2.75, 3.05) is 29.9 Å². The number of anilines is 3. The second kappa shape index (κ2) is 8.91. The fourth-order valence-electron chi connectivity index (χ4n) is 2.48. The zero-order valence-corrected chi connectivity index (χ0v) is 14.7. The van der Waals surface area contributed by atoms with E-state index < -0.39 is 0 Å². The highest BCUT2D eigenvalue weighted by molar-refractivity contribution is 5.94. The molecule has 5 nitrogen and oxygen atoms in total. The minimum atomic E-state index is -0.0927. The smallest absolute Gasteiger partial charge is 0.252 e. The van der Waals surface area contributed by atoms with Crippen molar-refractivity contribution in [1.82, 2.24) is 10.3 Å². The Labute approximate surface area is 144 Å². The summed E-state index contributed by atoms with van der Waals surface area (Å²) in [7, 11) is 0. The Balaban J connectivity index is 2.07. The van der Waals surface area contributed by atoms with Gasteiger partial charge in [0.25, 0.3) is 5.91 Å². The maximum absolute atomic E-state index is 12.0. The second-order valence-corrected chi connectivity index (χ2v) is 5.56. The van der Waals surface area contributed by atoms with Gasteiger partial charge in [0.05, 0.1) is 17.4 Å². The number of hydrogen-bond donors (Lipinski definition) is 2. The van der Waals surface area contributed by atoms with Gasteiger partial charge in [0.15, 0.2) is 0 Å². The Morgan fingerprint density at radius 2 is 1.75 bits per heavy atom. The van der Waals surface area contributed by atoms with Gasteiger partial charge in [-0.2, -0.15) is 0 Å². The summed E-state index contributed by atoms with van der Waals surface area (Å²) in [6.07, 6.45) is 4.21. The summed E-state index contributed by atoms with van der Waals surface area (Å²) >= 11 is 0. The molecular formula is C19H26N4O. The monoisotopic (exact) mass is 326 g/mol. The summed E-state index contributed by atoms with van der Waals surface area (Å²) in [6, 6.07) is 10.1. The standard InChI is InChI=1S/C19H26N4O/c1-4-11-21-19(24)15-12-17(14-20-13-15)22-16-7-9-18(10-8-16)23(5-2)6-3/h7-10,12-14,22H,4-6,11H2,1-3H3,(H,21,24). The molecule has 0 saturated heterocycles. The summed E-state index contributed by atoms with van der Waals surface area (Å²) in [5, 5.41) is 6.16. The van der Waals surface area contributed by atoms with Crippen molar-refractivity contribution >= 4 is 23.0 Å². The molecule has 1 heterocycles. The van der Waals surface area contributed by atoms with Gasteiger partial charge in [0, 0.05) is 37.2 Å². The molecule has 2 rings (SSSR count). The van der Waals surface area contributed by atoms with Crippen molar-refractivity contribution < 1.29 is 4.79 Å². The van der Waals surface area contributed by atoms with E-state index in [-0.39, 0.29) is 5.91 Å². The first-order valence-electron chi connectivity index (χ1n) is 8.53. The van der Waals surface area contributed by atoms with Gasteiger partial charge in [-0.3, -0.25) is 9.78 Å². The first-order chi connectivity index (χ1) is 11.7. The van der Waals surface area contributed by atoms with Gasteiger partial charge in [-0.1, -0.05) is 6.92 Å². The van der Waals surface area contributed by atoms with Crippen LogP contribution in [0.1, 0.15) is 37.6 Å². The Kier molecular flexibility index (Phi) is 6.61. The molecule has 5 heteroatoms. The zero-order valence-electron chi connectivity index (χ0n) is 14.7. The van der Waals surface area contributed by atoms with Gasteiger partial charge in [0.2, 0.25) is 0 Å². The van der Waals surface area contributed by atoms with E-state index in [1.165, 1.54) is 5.69 Å². The van der Waals surface area contributed by atoms with E-state index in [9.17, 15) is 4.79 Å². The molecule has 2 aromatic rings. The number of amides is 1. The van der Waals surface area contributed by atoms with Gasteiger partial charge in [-0.05, 0) is 50.6 Å². The number of aromatic nitrogens is 1. The molecule has 0 fully saturated rings. The van der Waals surface area contributed by atoms with Crippen LogP contribution >= 0.6 is 0 Å². The van der Waals surface area contributed by atoms with Gasteiger partial charge in [-0.25, -0.2) is 0 Å². The molecular weight excluding hydrogens is 300 g/mol. The molecule has 0 unspecified atom stereocenters. The summed E-state index contributed by atoms with van der Waals surface area (Å²) in [5.41, 5.74) is 3.54. The van der Waals surface area contributed by atoms with Crippen molar-refractivity contribution in [3.05, 3.63) is 48.3 Å². The molecule has 128 valence electrons. The number of pyridine rings is 1. The molecule has 0 bridgehead atoms. The second-order valence-electron chi connectivity index (χ2n) is 5.56. The lowest BCUT2D eigenvalue weighted by atomic mass is 10.2. The highest BCUT2D eigenvalue weighted by Crippen LogP contribution is 2.21. The molecule has 0 spiro atoms. The van der Waals surface area contributed by atoms with Crippen LogP contribution in [0.3, 0.4) is 0 Å². The third kappa shape index (κ3) is 4.72. The number of hydrogen-bond acceptors (Lipinski definition) is 4. The quantitative estimate of drug-likeness (QED) is 0.774. The number of carbonyl (C=O) groups is 1. The van der Waals surface area contributed by atoms with Crippen LogP contribution < -0.4 is 15.5 Å². The minimum absolute atomic E-state index is 0.0927. The molecule has 24 heavy (non-hydrogen) atoms. The Morgan fingerprint density at radius 3 is 2.38 bits per heavy atom. The van der Waals surface area contributed by atoms with E-state index in [1.807, 2.05) is 25.1 Å². The van der Waals surface area contributed by atoms with E-state index in [4.69, 9.17) is 0 Å². The number of benzene rings is 1. The van der Waals surface area contributed by atoms with Gasteiger partial charge in [0.1, 0.15) is 0 Å². The van der Waals surface area contributed by atoms with Gasteiger partial charge in [-0.15, -0.1) is 0 Å². The van der Waals surface area contributed by atoms with Crippen LogP contribution in [0.4, 0.5) is 17.1 Å². The Bertz CT molecular complexity index is 651. The fourth-order valence-corrected chi connectivity index (χ4v) is 2.48. The third-order valence-corrected chi connectivity index (χ3v) is 3.82. The van der Waals surface area contributed by atoms with Crippen LogP contribution in [-0.2, 0) is 0 Å². The summed E-state index contributed by atoms with van der Waals surface area (Å²) < 4.78 is 0. The Morgan fingerprint density at radius 1 is 1.04 bits per heavy atom. The average Bonchev–Trinajstić information content (AvgIpc) is 2.62. The summed E-state index contributed by atoms with van der Waals surface area (Å²) in [6.45, 7) is 8.97. The molecule has 0 saturated carbocycles. The molecule has 2 N–H and O–H groups in total. The largest absolute Gasteiger partial charge is 0.372 e. The number of nitrogens with one attached hydrogen (secondary N) is 2. The highest BCUT2D eigenvalue weighted by Gasteiger charge is 2.07. The maximum atomic E-state index is 12.0. The van der Waals surface area contributed by atoms with Crippen LogP contribution in [0.15, 0.2) is 42.7 Å². The lowest BCUT2D eigenvalue weighted by Crippen LogP contribution is -2.24. The maximum Gasteiger partial charge on any atom is 0.252 e. The van der Waals surface area contributed by atoms with Crippen molar-refractivity contribution in [2.45, 2.75) is 27.2 Å². The van der Waals surface area contributed by atoms with Gasteiger partial charge >= 0.3 is 0 Å². The molecule has 0 aliphatic rings. The van der Waals surface area contributed by atoms with Crippen molar-refractivity contribution in [1.29, 1.82) is 0 Å². The first kappa shape index (κ1) is 17.8. The normalized spacial score (nSPS) is 10.3. The van der Waals surface area contributed by atoms with Crippen LogP contribution in [0.2, 0.25) is 0 Å². The number of rotatable bonds is 8. The molecule has 0 aliphatic carbocycles. The van der Waals surface area contributed by atoms with Crippen LogP contribution in [0.25, 0.3) is 0 Å². The summed E-state index contributed by atoms with van der Waals surface area (Å²) in [4.78, 5) is 18.5. The SMILES string of the molecule is CCCNC(=O)c1cncc(Nc2ccc(N(CC)CC)cc2)c1. The zero-order chi connectivity index (χ0) is 17.4. The molecule has 1 amide bonds. The van der Waals surface area contributed by atoms with Crippen LogP contribution in [0, 0.1) is 0 Å². The van der Waals surface area contributed by atoms with Crippen molar-refractivity contribution in [3.63, 3.8) is 0 Å². The predicted molar refractivity (Wildman–Crippen MR) is 100 cm³/mol. The minimum Gasteiger partial charge on any atom is -0.372 e. The third-order valence-electron chi connectivity index (χ3n) is 3.82. The van der Waals surface area contributed by atoms with E-state index >= 15 is 0 Å². The first-order valence-corrected chi connectivity index (χ1v) is 8.53. The van der Waals surface area contributed by atoms with Crippen molar-refractivity contribution in [2.24, 2.45) is 0 Å². The average molecular weight is 326 g/mol.